The first-order valence-corrected chi connectivity index (χ1v) is 5.51. The van der Waals surface area contributed by atoms with Crippen molar-refractivity contribution in [1.82, 2.24) is 0 Å². The number of para-hydroxylation sites is 1. The molecule has 0 spiro atoms. The number of phenols is 1. The highest BCUT2D eigenvalue weighted by atomic mass is 16.3. The number of aromatic hydroxyl groups is 1. The molecular weight excluding hydrogens is 228 g/mol. The molecule has 1 amide bonds. The number of nitrogen functional groups attached to an aromatic ring is 1. The van der Waals surface area contributed by atoms with Gasteiger partial charge < -0.3 is 15.7 Å². The van der Waals surface area contributed by atoms with Crippen LogP contribution in [0.5, 0.6) is 5.75 Å². The zero-order chi connectivity index (χ0) is 13.1. The summed E-state index contributed by atoms with van der Waals surface area (Å²) in [5.41, 5.74) is 7.23. The Labute approximate surface area is 105 Å². The SMILES string of the molecule is CN(C(=O)c1ccccc1O)c1ccc(N)cc1. The number of nitrogens with zero attached hydrogens (tertiary/aromatic N) is 1. The first kappa shape index (κ1) is 12.0. The number of benzene rings is 2. The van der Waals surface area contributed by atoms with Crippen LogP contribution >= 0.6 is 0 Å². The maximum absolute atomic E-state index is 12.2. The van der Waals surface area contributed by atoms with E-state index in [1.807, 2.05) is 0 Å². The highest BCUT2D eigenvalue weighted by Crippen LogP contribution is 2.21. The summed E-state index contributed by atoms with van der Waals surface area (Å²) in [6.45, 7) is 0. The van der Waals surface area contributed by atoms with Gasteiger partial charge in [0.05, 0.1) is 5.56 Å². The van der Waals surface area contributed by atoms with Crippen LogP contribution in [-0.2, 0) is 0 Å². The van der Waals surface area contributed by atoms with Crippen LogP contribution in [0.1, 0.15) is 10.4 Å². The lowest BCUT2D eigenvalue weighted by atomic mass is 10.1. The van der Waals surface area contributed by atoms with Crippen molar-refractivity contribution in [3.05, 3.63) is 54.1 Å². The Morgan fingerprint density at radius 1 is 1.11 bits per heavy atom. The van der Waals surface area contributed by atoms with E-state index in [0.29, 0.717) is 5.69 Å². The lowest BCUT2D eigenvalue weighted by molar-refractivity contribution is 0.0990. The average Bonchev–Trinajstić information content (AvgIpc) is 2.38. The van der Waals surface area contributed by atoms with E-state index < -0.39 is 0 Å². The first-order chi connectivity index (χ1) is 8.59. The second-order valence-electron chi connectivity index (χ2n) is 3.97. The van der Waals surface area contributed by atoms with Gasteiger partial charge in [-0.3, -0.25) is 4.79 Å². The summed E-state index contributed by atoms with van der Waals surface area (Å²) in [5, 5.41) is 9.65. The molecule has 0 atom stereocenters. The van der Waals surface area contributed by atoms with E-state index in [4.69, 9.17) is 5.73 Å². The van der Waals surface area contributed by atoms with Gasteiger partial charge in [-0.1, -0.05) is 12.1 Å². The fraction of sp³-hybridized carbons (Fsp3) is 0.0714. The van der Waals surface area contributed by atoms with Crippen molar-refractivity contribution in [1.29, 1.82) is 0 Å². The number of carbonyl (C=O) groups is 1. The van der Waals surface area contributed by atoms with Gasteiger partial charge in [0.1, 0.15) is 5.75 Å². The number of amides is 1. The van der Waals surface area contributed by atoms with Crippen molar-refractivity contribution in [3.63, 3.8) is 0 Å². The summed E-state index contributed by atoms with van der Waals surface area (Å²) >= 11 is 0. The van der Waals surface area contributed by atoms with Crippen LogP contribution in [-0.4, -0.2) is 18.1 Å². The topological polar surface area (TPSA) is 66.6 Å². The third kappa shape index (κ3) is 2.27. The molecule has 2 aromatic carbocycles. The summed E-state index contributed by atoms with van der Waals surface area (Å²) < 4.78 is 0. The molecule has 0 saturated carbocycles. The van der Waals surface area contributed by atoms with Gasteiger partial charge >= 0.3 is 0 Å². The van der Waals surface area contributed by atoms with Crippen LogP contribution in [0.3, 0.4) is 0 Å². The minimum absolute atomic E-state index is 0.0233. The predicted molar refractivity (Wildman–Crippen MR) is 71.7 cm³/mol. The Kier molecular flexibility index (Phi) is 3.19. The molecule has 4 heteroatoms. The molecule has 0 fully saturated rings. The van der Waals surface area contributed by atoms with Crippen LogP contribution in [0, 0.1) is 0 Å². The molecule has 2 aromatic rings. The molecule has 0 bridgehead atoms. The van der Waals surface area contributed by atoms with Gasteiger partial charge in [0, 0.05) is 18.4 Å². The highest BCUT2D eigenvalue weighted by molar-refractivity contribution is 6.07. The number of hydrogen-bond donors (Lipinski definition) is 2. The number of anilines is 2. The van der Waals surface area contributed by atoms with Crippen LogP contribution in [0.25, 0.3) is 0 Å². The van der Waals surface area contributed by atoms with Gasteiger partial charge in [0.2, 0.25) is 0 Å². The molecule has 0 aliphatic carbocycles. The van der Waals surface area contributed by atoms with Gasteiger partial charge in [-0.05, 0) is 36.4 Å². The summed E-state index contributed by atoms with van der Waals surface area (Å²) in [6.07, 6.45) is 0. The Bertz CT molecular complexity index is 564. The Morgan fingerprint density at radius 3 is 2.33 bits per heavy atom. The van der Waals surface area contributed by atoms with Gasteiger partial charge in [-0.2, -0.15) is 0 Å². The van der Waals surface area contributed by atoms with Crippen molar-refractivity contribution in [2.45, 2.75) is 0 Å². The number of nitrogens with two attached hydrogens (primary N) is 1. The molecule has 0 saturated heterocycles. The van der Waals surface area contributed by atoms with Crippen LogP contribution in [0.2, 0.25) is 0 Å². The van der Waals surface area contributed by atoms with Gasteiger partial charge in [0.15, 0.2) is 0 Å². The molecule has 3 N–H and O–H groups in total. The lowest BCUT2D eigenvalue weighted by Crippen LogP contribution is -2.26. The Balaban J connectivity index is 2.29. The Morgan fingerprint density at radius 2 is 1.72 bits per heavy atom. The molecule has 0 aliphatic heterocycles. The third-order valence-electron chi connectivity index (χ3n) is 2.72. The normalized spacial score (nSPS) is 10.1. The van der Waals surface area contributed by atoms with Gasteiger partial charge in [-0.15, -0.1) is 0 Å². The fourth-order valence-electron chi connectivity index (χ4n) is 1.65. The van der Waals surface area contributed by atoms with E-state index in [1.54, 1.807) is 49.5 Å². The standard InChI is InChI=1S/C14H14N2O2/c1-16(11-8-6-10(15)7-9-11)14(18)12-4-2-3-5-13(12)17/h2-9,17H,15H2,1H3. The minimum atomic E-state index is -0.266. The smallest absolute Gasteiger partial charge is 0.261 e. The van der Waals surface area contributed by atoms with Crippen LogP contribution in [0.4, 0.5) is 11.4 Å². The zero-order valence-electron chi connectivity index (χ0n) is 10.00. The van der Waals surface area contributed by atoms with E-state index in [1.165, 1.54) is 11.0 Å². The third-order valence-corrected chi connectivity index (χ3v) is 2.72. The predicted octanol–water partition coefficient (Wildman–Crippen LogP) is 2.25. The summed E-state index contributed by atoms with van der Waals surface area (Å²) in [6, 6.07) is 13.4. The summed E-state index contributed by atoms with van der Waals surface area (Å²) in [4.78, 5) is 13.7. The largest absolute Gasteiger partial charge is 0.507 e. The average molecular weight is 242 g/mol. The molecule has 0 radical (unpaired) electrons. The van der Waals surface area contributed by atoms with Crippen LogP contribution in [0.15, 0.2) is 48.5 Å². The molecule has 2 rings (SSSR count). The fourth-order valence-corrected chi connectivity index (χ4v) is 1.65. The molecule has 0 aliphatic rings. The summed E-state index contributed by atoms with van der Waals surface area (Å²) in [5.74, 6) is -0.289. The van der Waals surface area contributed by atoms with E-state index >= 15 is 0 Å². The van der Waals surface area contributed by atoms with Crippen molar-refractivity contribution in [3.8, 4) is 5.75 Å². The first-order valence-electron chi connectivity index (χ1n) is 5.51. The number of rotatable bonds is 2. The maximum atomic E-state index is 12.2. The highest BCUT2D eigenvalue weighted by Gasteiger charge is 2.16. The quantitative estimate of drug-likeness (QED) is 0.794. The monoisotopic (exact) mass is 242 g/mol. The van der Waals surface area contributed by atoms with Crippen LogP contribution < -0.4 is 10.6 Å². The molecule has 4 nitrogen and oxygen atoms in total. The minimum Gasteiger partial charge on any atom is -0.507 e. The molecule has 0 heterocycles. The number of phenolic OH excluding ortho intramolecular Hbond substituents is 1. The number of hydrogen-bond acceptors (Lipinski definition) is 3. The van der Waals surface area contributed by atoms with Gasteiger partial charge in [0.25, 0.3) is 5.91 Å². The Hall–Kier alpha value is -2.49. The van der Waals surface area contributed by atoms with E-state index in [0.717, 1.165) is 5.69 Å². The maximum Gasteiger partial charge on any atom is 0.261 e. The van der Waals surface area contributed by atoms with E-state index in [2.05, 4.69) is 0 Å². The molecule has 92 valence electrons. The van der Waals surface area contributed by atoms with Crippen molar-refractivity contribution >= 4 is 17.3 Å². The molecule has 0 unspecified atom stereocenters. The van der Waals surface area contributed by atoms with Gasteiger partial charge in [-0.25, -0.2) is 0 Å². The molecule has 0 aromatic heterocycles. The zero-order valence-corrected chi connectivity index (χ0v) is 10.00. The molecular formula is C14H14N2O2. The lowest BCUT2D eigenvalue weighted by Gasteiger charge is -2.18. The van der Waals surface area contributed by atoms with Crippen molar-refractivity contribution in [2.75, 3.05) is 17.7 Å². The molecule has 18 heavy (non-hydrogen) atoms. The van der Waals surface area contributed by atoms with Crippen molar-refractivity contribution in [2.24, 2.45) is 0 Å². The van der Waals surface area contributed by atoms with E-state index in [9.17, 15) is 9.90 Å². The van der Waals surface area contributed by atoms with Crippen molar-refractivity contribution < 1.29 is 9.90 Å². The second-order valence-corrected chi connectivity index (χ2v) is 3.97. The summed E-state index contributed by atoms with van der Waals surface area (Å²) in [7, 11) is 1.65. The van der Waals surface area contributed by atoms with E-state index in [-0.39, 0.29) is 17.2 Å². The number of carbonyl (C=O) groups excluding carboxylic acids is 1. The second kappa shape index (κ2) is 4.79.